The first-order valence-corrected chi connectivity index (χ1v) is 9.26. The summed E-state index contributed by atoms with van der Waals surface area (Å²) in [5.74, 6) is 0.774. The fraction of sp³-hybridized carbons (Fsp3) is 0.286. The molecule has 3 aromatic rings. The van der Waals surface area contributed by atoms with E-state index in [9.17, 15) is 9.18 Å². The van der Waals surface area contributed by atoms with E-state index in [1.807, 2.05) is 4.90 Å². The molecule has 1 aromatic heterocycles. The van der Waals surface area contributed by atoms with Crippen LogP contribution in [0.4, 0.5) is 4.39 Å². The Morgan fingerprint density at radius 1 is 1.17 bits per heavy atom. The van der Waals surface area contributed by atoms with Gasteiger partial charge in [0.05, 0.1) is 0 Å². The van der Waals surface area contributed by atoms with Crippen molar-refractivity contribution in [2.24, 2.45) is 11.7 Å². The predicted molar refractivity (Wildman–Crippen MR) is 110 cm³/mol. The molecule has 2 unspecified atom stereocenters. The first-order valence-electron chi connectivity index (χ1n) is 9.26. The Labute approximate surface area is 174 Å². The fourth-order valence-corrected chi connectivity index (χ4v) is 3.57. The van der Waals surface area contributed by atoms with Crippen molar-refractivity contribution in [3.05, 3.63) is 59.9 Å². The number of nitrogens with zero attached hydrogens (tertiary/aromatic N) is 3. The maximum Gasteiger partial charge on any atom is 0.258 e. The standard InChI is InChI=1S/C21H21FN4O2.ClH/c1-13-10-14(11-23)12-26(13)21(27)17-4-2-15(3-5-17)19-24-20(28-25-19)16-6-8-18(22)9-7-16;/h2-9,13-14H,10-12,23H2,1H3;1H. The minimum absolute atomic E-state index is 0. The van der Waals surface area contributed by atoms with Gasteiger partial charge in [0.15, 0.2) is 0 Å². The van der Waals surface area contributed by atoms with E-state index in [-0.39, 0.29) is 30.2 Å². The maximum absolute atomic E-state index is 13.0. The first-order chi connectivity index (χ1) is 13.5. The second-order valence-electron chi connectivity index (χ2n) is 7.15. The number of hydrogen-bond donors (Lipinski definition) is 1. The van der Waals surface area contributed by atoms with Crippen molar-refractivity contribution in [3.63, 3.8) is 0 Å². The van der Waals surface area contributed by atoms with Gasteiger partial charge in [-0.25, -0.2) is 4.39 Å². The van der Waals surface area contributed by atoms with E-state index in [1.165, 1.54) is 12.1 Å². The van der Waals surface area contributed by atoms with Gasteiger partial charge in [0, 0.05) is 29.3 Å². The van der Waals surface area contributed by atoms with Crippen LogP contribution in [0.25, 0.3) is 22.8 Å². The van der Waals surface area contributed by atoms with Gasteiger partial charge in [-0.15, -0.1) is 12.4 Å². The summed E-state index contributed by atoms with van der Waals surface area (Å²) in [6.07, 6.45) is 0.940. The number of halogens is 2. The van der Waals surface area contributed by atoms with E-state index >= 15 is 0 Å². The molecule has 1 saturated heterocycles. The highest BCUT2D eigenvalue weighted by molar-refractivity contribution is 5.95. The van der Waals surface area contributed by atoms with Crippen LogP contribution >= 0.6 is 12.4 Å². The molecule has 29 heavy (non-hydrogen) atoms. The van der Waals surface area contributed by atoms with Crippen LogP contribution in [0.5, 0.6) is 0 Å². The summed E-state index contributed by atoms with van der Waals surface area (Å²) >= 11 is 0. The highest BCUT2D eigenvalue weighted by Gasteiger charge is 2.32. The van der Waals surface area contributed by atoms with Crippen LogP contribution < -0.4 is 5.73 Å². The van der Waals surface area contributed by atoms with Crippen LogP contribution in [-0.2, 0) is 0 Å². The maximum atomic E-state index is 13.0. The lowest BCUT2D eigenvalue weighted by Gasteiger charge is -2.21. The molecule has 0 spiro atoms. The Bertz CT molecular complexity index is 975. The first kappa shape index (κ1) is 21.0. The third-order valence-corrected chi connectivity index (χ3v) is 5.16. The molecule has 0 saturated carbocycles. The second-order valence-corrected chi connectivity index (χ2v) is 7.15. The molecule has 152 valence electrons. The van der Waals surface area contributed by atoms with Crippen molar-refractivity contribution < 1.29 is 13.7 Å². The Morgan fingerprint density at radius 3 is 2.45 bits per heavy atom. The van der Waals surface area contributed by atoms with E-state index < -0.39 is 0 Å². The van der Waals surface area contributed by atoms with E-state index in [1.54, 1.807) is 36.4 Å². The average Bonchev–Trinajstić information content (AvgIpc) is 3.35. The van der Waals surface area contributed by atoms with Crippen molar-refractivity contribution in [2.75, 3.05) is 13.1 Å². The van der Waals surface area contributed by atoms with Gasteiger partial charge in [-0.3, -0.25) is 4.79 Å². The van der Waals surface area contributed by atoms with Gasteiger partial charge < -0.3 is 15.2 Å². The molecule has 0 radical (unpaired) electrons. The Kier molecular flexibility index (Phi) is 6.30. The number of likely N-dealkylation sites (tertiary alicyclic amines) is 1. The number of rotatable bonds is 4. The van der Waals surface area contributed by atoms with Crippen LogP contribution in [0, 0.1) is 11.7 Å². The SMILES string of the molecule is CC1CC(CN)CN1C(=O)c1ccc(-c2noc(-c3ccc(F)cc3)n2)cc1.Cl. The highest BCUT2D eigenvalue weighted by atomic mass is 35.5. The van der Waals surface area contributed by atoms with Crippen molar-refractivity contribution in [3.8, 4) is 22.8 Å². The zero-order valence-corrected chi connectivity index (χ0v) is 16.7. The molecule has 1 aliphatic rings. The molecule has 0 bridgehead atoms. The quantitative estimate of drug-likeness (QED) is 0.699. The molecule has 1 fully saturated rings. The minimum atomic E-state index is -0.325. The number of amides is 1. The molecule has 6 nitrogen and oxygen atoms in total. The lowest BCUT2D eigenvalue weighted by molar-refractivity contribution is 0.0743. The Morgan fingerprint density at radius 2 is 1.83 bits per heavy atom. The van der Waals surface area contributed by atoms with Crippen LogP contribution in [0.2, 0.25) is 0 Å². The average molecular weight is 417 g/mol. The molecule has 2 N–H and O–H groups in total. The van der Waals surface area contributed by atoms with E-state index in [0.717, 1.165) is 12.0 Å². The van der Waals surface area contributed by atoms with Gasteiger partial charge in [0.2, 0.25) is 5.82 Å². The smallest absolute Gasteiger partial charge is 0.258 e. The number of hydrogen-bond acceptors (Lipinski definition) is 5. The number of benzene rings is 2. The second kappa shape index (κ2) is 8.71. The normalized spacial score (nSPS) is 18.5. The zero-order valence-electron chi connectivity index (χ0n) is 15.9. The molecule has 1 amide bonds. The van der Waals surface area contributed by atoms with Gasteiger partial charge in [-0.1, -0.05) is 17.3 Å². The molecule has 8 heteroatoms. The van der Waals surface area contributed by atoms with Crippen LogP contribution in [-0.4, -0.2) is 40.1 Å². The fourth-order valence-electron chi connectivity index (χ4n) is 3.57. The van der Waals surface area contributed by atoms with Crippen LogP contribution in [0.15, 0.2) is 53.1 Å². The minimum Gasteiger partial charge on any atom is -0.336 e. The molecular weight excluding hydrogens is 395 g/mol. The predicted octanol–water partition coefficient (Wildman–Crippen LogP) is 3.77. The third kappa shape index (κ3) is 4.31. The van der Waals surface area contributed by atoms with Crippen LogP contribution in [0.3, 0.4) is 0 Å². The van der Waals surface area contributed by atoms with Gasteiger partial charge in [0.25, 0.3) is 11.8 Å². The lowest BCUT2D eigenvalue weighted by atomic mass is 10.1. The number of aromatic nitrogens is 2. The monoisotopic (exact) mass is 416 g/mol. The van der Waals surface area contributed by atoms with Crippen molar-refractivity contribution >= 4 is 18.3 Å². The summed E-state index contributed by atoms with van der Waals surface area (Å²) in [5.41, 5.74) is 7.76. The number of carbonyl (C=O) groups excluding carboxylic acids is 1. The van der Waals surface area contributed by atoms with Crippen molar-refractivity contribution in [1.82, 2.24) is 15.0 Å². The van der Waals surface area contributed by atoms with E-state index in [2.05, 4.69) is 17.1 Å². The summed E-state index contributed by atoms with van der Waals surface area (Å²) in [6.45, 7) is 3.35. The zero-order chi connectivity index (χ0) is 19.7. The highest BCUT2D eigenvalue weighted by Crippen LogP contribution is 2.26. The molecule has 2 atom stereocenters. The summed E-state index contributed by atoms with van der Waals surface area (Å²) in [5, 5.41) is 3.98. The Hall–Kier alpha value is -2.77. The summed E-state index contributed by atoms with van der Waals surface area (Å²) in [7, 11) is 0. The summed E-state index contributed by atoms with van der Waals surface area (Å²) in [4.78, 5) is 19.0. The molecular formula is C21H22ClFN4O2. The topological polar surface area (TPSA) is 85.2 Å². The van der Waals surface area contributed by atoms with Gasteiger partial charge in [-0.2, -0.15) is 4.98 Å². The molecule has 2 heterocycles. The van der Waals surface area contributed by atoms with Gasteiger partial charge in [-0.05, 0) is 62.2 Å². The third-order valence-electron chi connectivity index (χ3n) is 5.16. The molecule has 1 aliphatic heterocycles. The lowest BCUT2D eigenvalue weighted by Crippen LogP contribution is -2.34. The molecule has 4 rings (SSSR count). The Balaban J connectivity index is 0.00000240. The molecule has 2 aromatic carbocycles. The van der Waals surface area contributed by atoms with Gasteiger partial charge >= 0.3 is 0 Å². The summed E-state index contributed by atoms with van der Waals surface area (Å²) in [6, 6.07) is 13.2. The van der Waals surface area contributed by atoms with Crippen molar-refractivity contribution in [1.29, 1.82) is 0 Å². The van der Waals surface area contributed by atoms with E-state index in [0.29, 0.717) is 41.8 Å². The van der Waals surface area contributed by atoms with Crippen molar-refractivity contribution in [2.45, 2.75) is 19.4 Å². The number of nitrogens with two attached hydrogens (primary N) is 1. The van der Waals surface area contributed by atoms with Crippen LogP contribution in [0.1, 0.15) is 23.7 Å². The number of carbonyl (C=O) groups is 1. The largest absolute Gasteiger partial charge is 0.336 e. The van der Waals surface area contributed by atoms with E-state index in [4.69, 9.17) is 10.3 Å². The molecule has 0 aliphatic carbocycles. The summed E-state index contributed by atoms with van der Waals surface area (Å²) < 4.78 is 18.3. The van der Waals surface area contributed by atoms with Gasteiger partial charge in [0.1, 0.15) is 5.82 Å².